The number of nitrogens with zero attached hydrogens (tertiary/aromatic N) is 4. The van der Waals surface area contributed by atoms with E-state index >= 15 is 0 Å². The summed E-state index contributed by atoms with van der Waals surface area (Å²) in [4.78, 5) is 39.9. The van der Waals surface area contributed by atoms with Gasteiger partial charge in [-0.25, -0.2) is 14.8 Å². The number of hydrogen-bond donors (Lipinski definition) is 2. The van der Waals surface area contributed by atoms with E-state index in [9.17, 15) is 22.8 Å². The van der Waals surface area contributed by atoms with Crippen molar-refractivity contribution in [3.05, 3.63) is 47.9 Å². The maximum Gasteiger partial charge on any atom is 0.416 e. The quantitative estimate of drug-likeness (QED) is 0.477. The van der Waals surface area contributed by atoms with Gasteiger partial charge in [-0.3, -0.25) is 4.79 Å². The molecule has 2 aliphatic heterocycles. The minimum atomic E-state index is -4.46. The molecule has 3 aromatic rings. The van der Waals surface area contributed by atoms with Gasteiger partial charge < -0.3 is 29.6 Å². The number of anilines is 1. The monoisotopic (exact) mass is 518 g/mol. The Balaban J connectivity index is 1.20. The SMILES string of the molecule is O=C(OCNc1ncnc2[nH]cc(C(=O)N3CC(Oc4cccc(C(F)(F)F)c4)C3)c12)N1CCCCC1. The molecule has 2 fully saturated rings. The van der Waals surface area contributed by atoms with Gasteiger partial charge in [0.05, 0.1) is 29.6 Å². The van der Waals surface area contributed by atoms with Crippen LogP contribution in [0.4, 0.5) is 23.8 Å². The average molecular weight is 518 g/mol. The van der Waals surface area contributed by atoms with Gasteiger partial charge in [-0.15, -0.1) is 0 Å². The number of carbonyl (C=O) groups excluding carboxylic acids is 2. The lowest BCUT2D eigenvalue weighted by molar-refractivity contribution is -0.137. The molecule has 13 heteroatoms. The Morgan fingerprint density at radius 1 is 1.11 bits per heavy atom. The van der Waals surface area contributed by atoms with Gasteiger partial charge >= 0.3 is 12.3 Å². The molecule has 37 heavy (non-hydrogen) atoms. The topological polar surface area (TPSA) is 113 Å². The summed E-state index contributed by atoms with van der Waals surface area (Å²) in [7, 11) is 0. The summed E-state index contributed by atoms with van der Waals surface area (Å²) in [6, 6.07) is 4.65. The van der Waals surface area contributed by atoms with Crippen molar-refractivity contribution >= 4 is 28.9 Å². The first-order valence-corrected chi connectivity index (χ1v) is 11.9. The van der Waals surface area contributed by atoms with Crippen LogP contribution in [0, 0.1) is 0 Å². The van der Waals surface area contributed by atoms with E-state index in [4.69, 9.17) is 9.47 Å². The average Bonchev–Trinajstić information content (AvgIpc) is 3.31. The first kappa shape index (κ1) is 24.7. The van der Waals surface area contributed by atoms with Crippen LogP contribution in [0.5, 0.6) is 5.75 Å². The molecule has 0 unspecified atom stereocenters. The summed E-state index contributed by atoms with van der Waals surface area (Å²) < 4.78 is 49.8. The van der Waals surface area contributed by atoms with Crippen LogP contribution in [-0.2, 0) is 10.9 Å². The zero-order chi connectivity index (χ0) is 26.0. The van der Waals surface area contributed by atoms with Gasteiger partial charge in [0, 0.05) is 19.3 Å². The fourth-order valence-electron chi connectivity index (χ4n) is 4.39. The van der Waals surface area contributed by atoms with Crippen LogP contribution < -0.4 is 10.1 Å². The van der Waals surface area contributed by atoms with Crippen LogP contribution in [0.15, 0.2) is 36.8 Å². The summed E-state index contributed by atoms with van der Waals surface area (Å²) in [6.45, 7) is 1.64. The van der Waals surface area contributed by atoms with Crippen LogP contribution in [-0.4, -0.2) is 75.8 Å². The standard InChI is InChI=1S/C24H25F3N6O4/c25-24(26,27)15-5-4-6-16(9-15)37-17-11-33(12-17)22(34)18-10-28-20-19(18)21(30-13-29-20)31-14-36-23(35)32-7-2-1-3-8-32/h4-6,9-10,13,17H,1-3,7-8,11-12,14H2,(H2,28,29,30,31). The number of fused-ring (bicyclic) bond motifs is 1. The zero-order valence-electron chi connectivity index (χ0n) is 19.8. The number of carbonyl (C=O) groups is 2. The van der Waals surface area contributed by atoms with E-state index in [1.807, 2.05) is 0 Å². The van der Waals surface area contributed by atoms with E-state index in [0.29, 0.717) is 35.5 Å². The summed E-state index contributed by atoms with van der Waals surface area (Å²) >= 11 is 0. The van der Waals surface area contributed by atoms with Gasteiger partial charge in [0.15, 0.2) is 6.73 Å². The number of aromatic amines is 1. The lowest BCUT2D eigenvalue weighted by atomic mass is 10.1. The molecule has 1 aromatic carbocycles. The maximum absolute atomic E-state index is 13.2. The maximum atomic E-state index is 13.2. The highest BCUT2D eigenvalue weighted by Gasteiger charge is 2.35. The van der Waals surface area contributed by atoms with Gasteiger partial charge in [0.25, 0.3) is 5.91 Å². The highest BCUT2D eigenvalue weighted by atomic mass is 19.4. The van der Waals surface area contributed by atoms with E-state index < -0.39 is 23.9 Å². The molecule has 2 aromatic heterocycles. The number of ether oxygens (including phenoxy) is 2. The summed E-state index contributed by atoms with van der Waals surface area (Å²) in [5.74, 6) is 0.120. The highest BCUT2D eigenvalue weighted by Crippen LogP contribution is 2.32. The van der Waals surface area contributed by atoms with Gasteiger partial charge in [-0.05, 0) is 37.5 Å². The predicted octanol–water partition coefficient (Wildman–Crippen LogP) is 3.87. The number of aromatic nitrogens is 3. The Labute approximate surface area is 209 Å². The molecule has 0 atom stereocenters. The Hall–Kier alpha value is -4.03. The van der Waals surface area contributed by atoms with Crippen molar-refractivity contribution in [3.8, 4) is 5.75 Å². The molecule has 10 nitrogen and oxygen atoms in total. The Morgan fingerprint density at radius 2 is 1.89 bits per heavy atom. The molecule has 196 valence electrons. The van der Waals surface area contributed by atoms with E-state index in [1.54, 1.807) is 4.90 Å². The van der Waals surface area contributed by atoms with Crippen molar-refractivity contribution in [1.29, 1.82) is 0 Å². The second kappa shape index (κ2) is 10.1. The molecule has 5 rings (SSSR count). The smallest absolute Gasteiger partial charge is 0.416 e. The molecular formula is C24H25F3N6O4. The Morgan fingerprint density at radius 3 is 2.65 bits per heavy atom. The second-order valence-electron chi connectivity index (χ2n) is 8.90. The Bertz CT molecular complexity index is 1280. The van der Waals surface area contributed by atoms with Crippen molar-refractivity contribution in [2.24, 2.45) is 0 Å². The molecule has 0 bridgehead atoms. The van der Waals surface area contributed by atoms with Crippen molar-refractivity contribution in [2.75, 3.05) is 38.2 Å². The number of alkyl halides is 3. The van der Waals surface area contributed by atoms with Crippen LogP contribution in [0.25, 0.3) is 11.0 Å². The summed E-state index contributed by atoms with van der Waals surface area (Å²) in [6.07, 6.45) is 0.545. The van der Waals surface area contributed by atoms with Crippen molar-refractivity contribution in [2.45, 2.75) is 31.5 Å². The first-order chi connectivity index (χ1) is 17.8. The van der Waals surface area contributed by atoms with Crippen LogP contribution in [0.1, 0.15) is 35.2 Å². The fraction of sp³-hybridized carbons (Fsp3) is 0.417. The zero-order valence-corrected chi connectivity index (χ0v) is 19.8. The molecule has 0 radical (unpaired) electrons. The fourth-order valence-corrected chi connectivity index (χ4v) is 4.39. The number of benzene rings is 1. The van der Waals surface area contributed by atoms with Gasteiger partial charge in [0.2, 0.25) is 0 Å². The molecular weight excluding hydrogens is 493 g/mol. The van der Waals surface area contributed by atoms with Gasteiger partial charge in [0.1, 0.15) is 29.6 Å². The molecule has 0 saturated carbocycles. The number of piperidine rings is 1. The third-order valence-electron chi connectivity index (χ3n) is 6.35. The normalized spacial score (nSPS) is 16.4. The molecule has 2 amide bonds. The lowest BCUT2D eigenvalue weighted by Gasteiger charge is -2.39. The number of hydrogen-bond acceptors (Lipinski definition) is 7. The number of nitrogens with one attached hydrogen (secondary N) is 2. The van der Waals surface area contributed by atoms with Gasteiger partial charge in [-0.2, -0.15) is 13.2 Å². The molecule has 0 spiro atoms. The molecule has 4 heterocycles. The summed E-state index contributed by atoms with van der Waals surface area (Å²) in [5.41, 5.74) is -0.0452. The van der Waals surface area contributed by atoms with Crippen molar-refractivity contribution in [1.82, 2.24) is 24.8 Å². The number of rotatable bonds is 6. The highest BCUT2D eigenvalue weighted by molar-refractivity contribution is 6.09. The minimum Gasteiger partial charge on any atom is -0.487 e. The first-order valence-electron chi connectivity index (χ1n) is 11.9. The van der Waals surface area contributed by atoms with E-state index in [0.717, 1.165) is 31.4 Å². The largest absolute Gasteiger partial charge is 0.487 e. The van der Waals surface area contributed by atoms with Gasteiger partial charge in [-0.1, -0.05) is 6.07 Å². The molecule has 2 aliphatic rings. The van der Waals surface area contributed by atoms with Crippen molar-refractivity contribution < 1.29 is 32.2 Å². The van der Waals surface area contributed by atoms with Crippen LogP contribution >= 0.6 is 0 Å². The molecule has 2 N–H and O–H groups in total. The third-order valence-corrected chi connectivity index (χ3v) is 6.35. The van der Waals surface area contributed by atoms with Crippen LogP contribution in [0.2, 0.25) is 0 Å². The van der Waals surface area contributed by atoms with E-state index in [2.05, 4.69) is 20.3 Å². The summed E-state index contributed by atoms with van der Waals surface area (Å²) in [5, 5.41) is 3.39. The van der Waals surface area contributed by atoms with Crippen LogP contribution in [0.3, 0.4) is 0 Å². The number of H-pyrrole nitrogens is 1. The number of amides is 2. The minimum absolute atomic E-state index is 0.0954. The molecule has 0 aliphatic carbocycles. The number of likely N-dealkylation sites (tertiary alicyclic amines) is 2. The predicted molar refractivity (Wildman–Crippen MR) is 126 cm³/mol. The third kappa shape index (κ3) is 5.39. The van der Waals surface area contributed by atoms with E-state index in [-0.39, 0.29) is 31.5 Å². The van der Waals surface area contributed by atoms with E-state index in [1.165, 1.54) is 29.6 Å². The molecule has 2 saturated heterocycles. The lowest BCUT2D eigenvalue weighted by Crippen LogP contribution is -2.56. The second-order valence-corrected chi connectivity index (χ2v) is 8.90. The number of halogens is 3. The van der Waals surface area contributed by atoms with Crippen molar-refractivity contribution in [3.63, 3.8) is 0 Å². The Kier molecular flexibility index (Phi) is 6.76.